The number of rotatable bonds is 3. The van der Waals surface area contributed by atoms with E-state index in [-0.39, 0.29) is 15.0 Å². The van der Waals surface area contributed by atoms with E-state index in [2.05, 4.69) is 4.74 Å². The quantitative estimate of drug-likeness (QED) is 0.533. The van der Waals surface area contributed by atoms with Gasteiger partial charge in [0.2, 0.25) is 0 Å². The molecule has 0 unspecified atom stereocenters. The molecule has 0 N–H and O–H groups in total. The van der Waals surface area contributed by atoms with Crippen LogP contribution < -0.4 is 0 Å². The predicted molar refractivity (Wildman–Crippen MR) is 28.3 cm³/mol. The summed E-state index contributed by atoms with van der Waals surface area (Å²) in [6, 6.07) is 0. The molecule has 0 saturated heterocycles. The van der Waals surface area contributed by atoms with Gasteiger partial charge in [0.05, 0.1) is 6.61 Å². The Labute approximate surface area is 53.8 Å². The summed E-state index contributed by atoms with van der Waals surface area (Å²) in [4.78, 5) is 0. The number of ether oxygens (including phenoxy) is 1. The van der Waals surface area contributed by atoms with Crippen LogP contribution in [-0.4, -0.2) is 27.8 Å². The van der Waals surface area contributed by atoms with Crippen LogP contribution in [0.15, 0.2) is 0 Å². The maximum Gasteiger partial charge on any atom is 0.384 e. The van der Waals surface area contributed by atoms with Crippen molar-refractivity contribution in [3.8, 4) is 0 Å². The van der Waals surface area contributed by atoms with E-state index in [0.717, 1.165) is 0 Å². The first-order valence-corrected chi connectivity index (χ1v) is 2.20. The summed E-state index contributed by atoms with van der Waals surface area (Å²) in [5.74, 6) is 0. The fourth-order valence-corrected chi connectivity index (χ4v) is 0.250. The average molecular weight is 139 g/mol. The number of hydrogen-bond acceptors (Lipinski definition) is 1. The molecule has 5 heteroatoms. The first-order chi connectivity index (χ1) is 3.62. The van der Waals surface area contributed by atoms with Gasteiger partial charge >= 0.3 is 6.11 Å². The molecule has 0 aromatic carbocycles. The van der Waals surface area contributed by atoms with Gasteiger partial charge in [0.1, 0.15) is 0 Å². The number of halogens is 3. The third kappa shape index (κ3) is 5.69. The van der Waals surface area contributed by atoms with Gasteiger partial charge in [-0.15, -0.1) is 0 Å². The van der Waals surface area contributed by atoms with E-state index in [1.54, 1.807) is 0 Å². The highest BCUT2D eigenvalue weighted by Gasteiger charge is 2.28. The minimum absolute atomic E-state index is 0. The SMILES string of the molecule is CCOC(F)(F)CF.[B]. The highest BCUT2D eigenvalue weighted by atomic mass is 19.3. The van der Waals surface area contributed by atoms with Crippen molar-refractivity contribution >= 4 is 8.41 Å². The van der Waals surface area contributed by atoms with Crippen molar-refractivity contribution < 1.29 is 17.9 Å². The summed E-state index contributed by atoms with van der Waals surface area (Å²) >= 11 is 0. The van der Waals surface area contributed by atoms with Crippen molar-refractivity contribution in [3.63, 3.8) is 0 Å². The van der Waals surface area contributed by atoms with Crippen LogP contribution in [0.3, 0.4) is 0 Å². The molecule has 1 nitrogen and oxygen atoms in total. The van der Waals surface area contributed by atoms with E-state index in [0.29, 0.717) is 0 Å². The molecular formula is C4H7BF3O. The summed E-state index contributed by atoms with van der Waals surface area (Å²) in [6.45, 7) is -0.540. The Morgan fingerprint density at radius 2 is 1.89 bits per heavy atom. The third-order valence-corrected chi connectivity index (χ3v) is 0.511. The molecule has 0 aliphatic carbocycles. The van der Waals surface area contributed by atoms with Crippen LogP contribution in [0.5, 0.6) is 0 Å². The monoisotopic (exact) mass is 139 g/mol. The second kappa shape index (κ2) is 4.67. The molecule has 0 aromatic heterocycles. The lowest BCUT2D eigenvalue weighted by Gasteiger charge is -2.09. The number of hydrogen-bond donors (Lipinski definition) is 0. The molecule has 0 aromatic rings. The molecule has 0 amide bonds. The van der Waals surface area contributed by atoms with Gasteiger partial charge in [-0.1, -0.05) is 0 Å². The molecule has 0 atom stereocenters. The summed E-state index contributed by atoms with van der Waals surface area (Å²) in [5.41, 5.74) is 0. The Balaban J connectivity index is 0. The Hall–Kier alpha value is -0.185. The van der Waals surface area contributed by atoms with E-state index in [9.17, 15) is 13.2 Å². The van der Waals surface area contributed by atoms with Crippen molar-refractivity contribution in [1.82, 2.24) is 0 Å². The molecule has 9 heavy (non-hydrogen) atoms. The van der Waals surface area contributed by atoms with Gasteiger partial charge < -0.3 is 4.74 Å². The lowest BCUT2D eigenvalue weighted by atomic mass is 10.7. The van der Waals surface area contributed by atoms with Crippen LogP contribution in [0.1, 0.15) is 6.92 Å². The molecule has 53 valence electrons. The van der Waals surface area contributed by atoms with Crippen molar-refractivity contribution in [2.45, 2.75) is 13.0 Å². The Bertz CT molecular complexity index is 68.8. The summed E-state index contributed by atoms with van der Waals surface area (Å²) in [6.07, 6.45) is -3.57. The topological polar surface area (TPSA) is 9.23 Å². The normalized spacial score (nSPS) is 10.7. The minimum Gasteiger partial charge on any atom is -0.319 e. The molecule has 3 radical (unpaired) electrons. The lowest BCUT2D eigenvalue weighted by Crippen LogP contribution is -2.22. The summed E-state index contributed by atoms with van der Waals surface area (Å²) in [5, 5.41) is 0. The van der Waals surface area contributed by atoms with Gasteiger partial charge in [-0.25, -0.2) is 4.39 Å². The Kier molecular flexibility index (Phi) is 6.02. The molecule has 0 spiro atoms. The highest BCUT2D eigenvalue weighted by molar-refractivity contribution is 5.75. The predicted octanol–water partition coefficient (Wildman–Crippen LogP) is 1.20. The van der Waals surface area contributed by atoms with E-state index in [4.69, 9.17) is 0 Å². The zero-order chi connectivity index (χ0) is 6.62. The van der Waals surface area contributed by atoms with Crippen LogP contribution in [0.25, 0.3) is 0 Å². The highest BCUT2D eigenvalue weighted by Crippen LogP contribution is 2.14. The maximum atomic E-state index is 11.6. The molecular weight excluding hydrogens is 132 g/mol. The Morgan fingerprint density at radius 1 is 1.44 bits per heavy atom. The van der Waals surface area contributed by atoms with Crippen molar-refractivity contribution in [3.05, 3.63) is 0 Å². The van der Waals surface area contributed by atoms with E-state index >= 15 is 0 Å². The van der Waals surface area contributed by atoms with Crippen LogP contribution in [-0.2, 0) is 4.74 Å². The van der Waals surface area contributed by atoms with Crippen LogP contribution in [0.4, 0.5) is 13.2 Å². The molecule has 0 rings (SSSR count). The molecule has 0 aliphatic heterocycles. The third-order valence-electron chi connectivity index (χ3n) is 0.511. The second-order valence-corrected chi connectivity index (χ2v) is 1.20. The van der Waals surface area contributed by atoms with Crippen molar-refractivity contribution in [2.24, 2.45) is 0 Å². The van der Waals surface area contributed by atoms with Crippen molar-refractivity contribution in [2.75, 3.05) is 13.3 Å². The minimum atomic E-state index is -3.57. The molecule has 0 heterocycles. The van der Waals surface area contributed by atoms with Gasteiger partial charge in [0, 0.05) is 8.41 Å². The fraction of sp³-hybridized carbons (Fsp3) is 1.00. The van der Waals surface area contributed by atoms with Gasteiger partial charge in [-0.2, -0.15) is 8.78 Å². The van der Waals surface area contributed by atoms with Gasteiger partial charge in [-0.3, -0.25) is 0 Å². The zero-order valence-corrected chi connectivity index (χ0v) is 5.03. The second-order valence-electron chi connectivity index (χ2n) is 1.20. The summed E-state index contributed by atoms with van der Waals surface area (Å²) in [7, 11) is 0. The maximum absolute atomic E-state index is 11.6. The van der Waals surface area contributed by atoms with E-state index in [1.165, 1.54) is 6.92 Å². The average Bonchev–Trinajstić information content (AvgIpc) is 1.67. The van der Waals surface area contributed by atoms with Gasteiger partial charge in [0.25, 0.3) is 0 Å². The lowest BCUT2D eigenvalue weighted by molar-refractivity contribution is -0.243. The molecule has 0 saturated carbocycles. The largest absolute Gasteiger partial charge is 0.384 e. The zero-order valence-electron chi connectivity index (χ0n) is 5.03. The van der Waals surface area contributed by atoms with Crippen LogP contribution in [0.2, 0.25) is 0 Å². The van der Waals surface area contributed by atoms with E-state index in [1.807, 2.05) is 0 Å². The first kappa shape index (κ1) is 11.6. The van der Waals surface area contributed by atoms with Crippen LogP contribution in [0, 0.1) is 0 Å². The fourth-order valence-electron chi connectivity index (χ4n) is 0.250. The first-order valence-electron chi connectivity index (χ1n) is 2.20. The van der Waals surface area contributed by atoms with Gasteiger partial charge in [0.15, 0.2) is 6.67 Å². The van der Waals surface area contributed by atoms with Crippen molar-refractivity contribution in [1.29, 1.82) is 0 Å². The van der Waals surface area contributed by atoms with E-state index < -0.39 is 12.8 Å². The smallest absolute Gasteiger partial charge is 0.319 e. The van der Waals surface area contributed by atoms with Crippen LogP contribution >= 0.6 is 0 Å². The molecule has 0 aliphatic rings. The standard InChI is InChI=1S/C4H7F3O.B/c1-2-8-4(6,7)3-5;/h2-3H2,1H3;. The molecule has 0 bridgehead atoms. The summed E-state index contributed by atoms with van der Waals surface area (Å²) < 4.78 is 37.9. The Morgan fingerprint density at radius 3 is 2.00 bits per heavy atom. The molecule has 0 fully saturated rings. The number of alkyl halides is 3. The van der Waals surface area contributed by atoms with Gasteiger partial charge in [-0.05, 0) is 6.92 Å².